The Labute approximate surface area is 149 Å². The predicted octanol–water partition coefficient (Wildman–Crippen LogP) is 2.11. The van der Waals surface area contributed by atoms with Gasteiger partial charge in [0.2, 0.25) is 0 Å². The number of fused-ring (bicyclic) bond motifs is 1. The monoisotopic (exact) mass is 351 g/mol. The third-order valence-electron chi connectivity index (χ3n) is 4.30. The van der Waals surface area contributed by atoms with Crippen LogP contribution in [0.5, 0.6) is 0 Å². The number of nitrogens with zero attached hydrogens (tertiary/aromatic N) is 7. The molecule has 1 aromatic carbocycles. The number of hydrogen-bond acceptors (Lipinski definition) is 6. The largest absolute Gasteiger partial charge is 0.442 e. The van der Waals surface area contributed by atoms with E-state index in [4.69, 9.17) is 10.00 Å². The Morgan fingerprint density at radius 1 is 1.42 bits per heavy atom. The first kappa shape index (κ1) is 16.1. The number of carbonyl (C=O) groups excluding carboxylic acids is 1. The minimum Gasteiger partial charge on any atom is -0.442 e. The van der Waals surface area contributed by atoms with Crippen LogP contribution in [0.1, 0.15) is 25.6 Å². The highest BCUT2D eigenvalue weighted by molar-refractivity contribution is 5.93. The second-order valence-corrected chi connectivity index (χ2v) is 6.48. The molecule has 0 saturated carbocycles. The van der Waals surface area contributed by atoms with Gasteiger partial charge in [0.05, 0.1) is 31.0 Å². The molecule has 1 atom stereocenters. The topological polar surface area (TPSA) is 102 Å². The fourth-order valence-corrected chi connectivity index (χ4v) is 3.09. The van der Waals surface area contributed by atoms with Crippen molar-refractivity contribution < 1.29 is 9.53 Å². The zero-order chi connectivity index (χ0) is 18.3. The summed E-state index contributed by atoms with van der Waals surface area (Å²) in [5.74, 6) is 0. The molecule has 2 aromatic heterocycles. The first-order valence-electron chi connectivity index (χ1n) is 8.31. The van der Waals surface area contributed by atoms with Crippen molar-refractivity contribution in [3.05, 3.63) is 36.3 Å². The summed E-state index contributed by atoms with van der Waals surface area (Å²) in [6, 6.07) is 7.99. The van der Waals surface area contributed by atoms with E-state index >= 15 is 0 Å². The number of anilines is 1. The molecule has 1 fully saturated rings. The summed E-state index contributed by atoms with van der Waals surface area (Å²) in [6.07, 6.45) is 2.58. The molecule has 9 heteroatoms. The number of ether oxygens (including phenoxy) is 1. The molecule has 0 aliphatic carbocycles. The second kappa shape index (κ2) is 6.15. The Morgan fingerprint density at radius 3 is 3.00 bits per heavy atom. The van der Waals surface area contributed by atoms with Gasteiger partial charge in [-0.15, -0.1) is 5.10 Å². The van der Waals surface area contributed by atoms with Crippen molar-refractivity contribution in [3.63, 3.8) is 0 Å². The van der Waals surface area contributed by atoms with Gasteiger partial charge in [-0.2, -0.15) is 10.4 Å². The summed E-state index contributed by atoms with van der Waals surface area (Å²) >= 11 is 0. The summed E-state index contributed by atoms with van der Waals surface area (Å²) in [5, 5.41) is 21.7. The molecule has 4 rings (SSSR count). The van der Waals surface area contributed by atoms with Crippen LogP contribution in [0.2, 0.25) is 0 Å². The molecule has 0 radical (unpaired) electrons. The second-order valence-electron chi connectivity index (χ2n) is 6.48. The number of aromatic nitrogens is 5. The lowest BCUT2D eigenvalue weighted by molar-refractivity contribution is 0.129. The van der Waals surface area contributed by atoms with Gasteiger partial charge in [0, 0.05) is 17.1 Å². The molecule has 9 nitrogen and oxygen atoms in total. The van der Waals surface area contributed by atoms with Gasteiger partial charge in [-0.05, 0) is 32.0 Å². The number of amides is 1. The molecular formula is C17H17N7O2. The molecule has 0 spiro atoms. The molecule has 1 aliphatic rings. The Bertz CT molecular complexity index is 1010. The summed E-state index contributed by atoms with van der Waals surface area (Å²) in [6.45, 7) is 4.91. The van der Waals surface area contributed by atoms with Gasteiger partial charge in [0.15, 0.2) is 5.69 Å². The van der Waals surface area contributed by atoms with Crippen molar-refractivity contribution in [2.75, 3.05) is 11.4 Å². The average molecular weight is 351 g/mol. The van der Waals surface area contributed by atoms with E-state index < -0.39 is 6.09 Å². The quantitative estimate of drug-likeness (QED) is 0.713. The molecule has 0 unspecified atom stereocenters. The van der Waals surface area contributed by atoms with Crippen molar-refractivity contribution in [1.82, 2.24) is 24.8 Å². The van der Waals surface area contributed by atoms with E-state index in [1.165, 1.54) is 10.9 Å². The molecular weight excluding hydrogens is 334 g/mol. The average Bonchev–Trinajstić information content (AvgIpc) is 3.32. The third kappa shape index (κ3) is 2.75. The fourth-order valence-electron chi connectivity index (χ4n) is 3.09. The van der Waals surface area contributed by atoms with Gasteiger partial charge in [-0.1, -0.05) is 5.21 Å². The lowest BCUT2D eigenvalue weighted by Crippen LogP contribution is -2.26. The van der Waals surface area contributed by atoms with Gasteiger partial charge >= 0.3 is 6.09 Å². The van der Waals surface area contributed by atoms with E-state index in [1.54, 1.807) is 11.1 Å². The number of benzene rings is 1. The van der Waals surface area contributed by atoms with Crippen LogP contribution in [0.4, 0.5) is 10.5 Å². The van der Waals surface area contributed by atoms with Crippen molar-refractivity contribution in [2.24, 2.45) is 0 Å². The van der Waals surface area contributed by atoms with Crippen LogP contribution in [0.25, 0.3) is 10.9 Å². The van der Waals surface area contributed by atoms with Crippen LogP contribution in [-0.2, 0) is 11.3 Å². The number of carbonyl (C=O) groups is 1. The Morgan fingerprint density at radius 2 is 2.27 bits per heavy atom. The molecule has 26 heavy (non-hydrogen) atoms. The first-order chi connectivity index (χ1) is 12.5. The highest BCUT2D eigenvalue weighted by Crippen LogP contribution is 2.27. The molecule has 1 saturated heterocycles. The molecule has 3 aromatic rings. The van der Waals surface area contributed by atoms with Gasteiger partial charge in [-0.3, -0.25) is 9.58 Å². The smallest absolute Gasteiger partial charge is 0.414 e. The van der Waals surface area contributed by atoms with Gasteiger partial charge in [0.1, 0.15) is 12.2 Å². The Hall–Kier alpha value is -3.41. The molecule has 1 amide bonds. The van der Waals surface area contributed by atoms with E-state index in [2.05, 4.69) is 29.3 Å². The lowest BCUT2D eigenvalue weighted by atomic mass is 10.2. The third-order valence-corrected chi connectivity index (χ3v) is 4.30. The maximum absolute atomic E-state index is 12.3. The molecule has 0 bridgehead atoms. The zero-order valence-electron chi connectivity index (χ0n) is 14.4. The summed E-state index contributed by atoms with van der Waals surface area (Å²) in [4.78, 5) is 13.9. The molecule has 0 N–H and O–H groups in total. The Kier molecular flexibility index (Phi) is 3.80. The Balaban J connectivity index is 1.53. The van der Waals surface area contributed by atoms with Gasteiger partial charge in [-0.25, -0.2) is 9.48 Å². The highest BCUT2D eigenvalue weighted by atomic mass is 16.6. The minimum absolute atomic E-state index is 0.235. The van der Waals surface area contributed by atoms with Crippen LogP contribution >= 0.6 is 0 Å². The number of cyclic esters (lactones) is 1. The minimum atomic E-state index is -0.397. The van der Waals surface area contributed by atoms with Crippen LogP contribution in [0.15, 0.2) is 30.6 Å². The van der Waals surface area contributed by atoms with E-state index in [-0.39, 0.29) is 17.8 Å². The van der Waals surface area contributed by atoms with Crippen LogP contribution < -0.4 is 4.90 Å². The molecule has 1 aliphatic heterocycles. The van der Waals surface area contributed by atoms with Crippen LogP contribution in [0, 0.1) is 11.3 Å². The van der Waals surface area contributed by atoms with E-state index in [0.29, 0.717) is 13.1 Å². The predicted molar refractivity (Wildman–Crippen MR) is 92.5 cm³/mol. The zero-order valence-corrected chi connectivity index (χ0v) is 14.4. The SMILES string of the molecule is CC(C)n1ncc2cc(N3C[C@H](Cn4cc(C#N)nn4)OC3=O)ccc21. The van der Waals surface area contributed by atoms with Gasteiger partial charge in [0.25, 0.3) is 0 Å². The molecule has 3 heterocycles. The van der Waals surface area contributed by atoms with Crippen LogP contribution in [-0.4, -0.2) is 43.5 Å². The van der Waals surface area contributed by atoms with E-state index in [9.17, 15) is 4.79 Å². The number of rotatable bonds is 4. The van der Waals surface area contributed by atoms with Crippen LogP contribution in [0.3, 0.4) is 0 Å². The molecule has 132 valence electrons. The van der Waals surface area contributed by atoms with Crippen molar-refractivity contribution in [1.29, 1.82) is 5.26 Å². The summed E-state index contributed by atoms with van der Waals surface area (Å²) < 4.78 is 8.88. The van der Waals surface area contributed by atoms with Crippen molar-refractivity contribution >= 4 is 22.7 Å². The van der Waals surface area contributed by atoms with Crippen molar-refractivity contribution in [2.45, 2.75) is 32.5 Å². The fraction of sp³-hybridized carbons (Fsp3) is 0.353. The number of hydrogen-bond donors (Lipinski definition) is 0. The van der Waals surface area contributed by atoms with E-state index in [1.807, 2.05) is 29.0 Å². The normalized spacial score (nSPS) is 17.1. The summed E-state index contributed by atoms with van der Waals surface area (Å²) in [5.41, 5.74) is 2.03. The highest BCUT2D eigenvalue weighted by Gasteiger charge is 2.33. The summed E-state index contributed by atoms with van der Waals surface area (Å²) in [7, 11) is 0. The standard InChI is InChI=1S/C17H17N7O2/c1-11(2)24-16-4-3-14(5-12(16)7-19-24)23-10-15(26-17(23)25)9-22-8-13(6-18)20-21-22/h3-5,7-8,11,15H,9-10H2,1-2H3/t15-/m0/s1. The maximum atomic E-state index is 12.3. The van der Waals surface area contributed by atoms with Crippen molar-refractivity contribution in [3.8, 4) is 6.07 Å². The maximum Gasteiger partial charge on any atom is 0.414 e. The number of nitriles is 1. The lowest BCUT2D eigenvalue weighted by Gasteiger charge is -2.14. The van der Waals surface area contributed by atoms with Gasteiger partial charge < -0.3 is 4.74 Å². The first-order valence-corrected chi connectivity index (χ1v) is 8.31. The van der Waals surface area contributed by atoms with E-state index in [0.717, 1.165) is 16.6 Å².